The average molecular weight is 220 g/mol. The van der Waals surface area contributed by atoms with Crippen LogP contribution in [0.1, 0.15) is 32.6 Å². The number of hydrogen-bond donors (Lipinski definition) is 2. The molecule has 14 heavy (non-hydrogen) atoms. The summed E-state index contributed by atoms with van der Waals surface area (Å²) in [7, 11) is -3.16. The molecule has 0 radical (unpaired) electrons. The summed E-state index contributed by atoms with van der Waals surface area (Å²) in [5.41, 5.74) is 5.31. The molecule has 1 saturated carbocycles. The van der Waals surface area contributed by atoms with Crippen molar-refractivity contribution in [1.82, 2.24) is 4.72 Å². The van der Waals surface area contributed by atoms with Crippen LogP contribution < -0.4 is 10.5 Å². The molecule has 0 heterocycles. The molecule has 0 spiro atoms. The van der Waals surface area contributed by atoms with Crippen LogP contribution >= 0.6 is 0 Å². The Labute approximate surface area is 86.3 Å². The molecule has 0 aromatic carbocycles. The van der Waals surface area contributed by atoms with E-state index in [1.807, 2.05) is 0 Å². The summed E-state index contributed by atoms with van der Waals surface area (Å²) in [5, 5.41) is 0. The molecule has 0 bridgehead atoms. The van der Waals surface area contributed by atoms with Crippen LogP contribution in [0.15, 0.2) is 0 Å². The van der Waals surface area contributed by atoms with Crippen LogP contribution in [0.4, 0.5) is 0 Å². The van der Waals surface area contributed by atoms with Gasteiger partial charge in [0.25, 0.3) is 0 Å². The van der Waals surface area contributed by atoms with E-state index < -0.39 is 15.6 Å². The number of rotatable bonds is 3. The Hall–Kier alpha value is -0.130. The molecule has 2 unspecified atom stereocenters. The highest BCUT2D eigenvalue weighted by molar-refractivity contribution is 7.88. The summed E-state index contributed by atoms with van der Waals surface area (Å²) in [6.45, 7) is 2.46. The summed E-state index contributed by atoms with van der Waals surface area (Å²) in [6.07, 6.45) is 5.35. The first kappa shape index (κ1) is 11.9. The third kappa shape index (κ3) is 2.68. The van der Waals surface area contributed by atoms with E-state index in [1.54, 1.807) is 0 Å². The van der Waals surface area contributed by atoms with Gasteiger partial charge in [0, 0.05) is 12.1 Å². The Bertz CT molecular complexity index is 289. The molecule has 0 aromatic rings. The van der Waals surface area contributed by atoms with Gasteiger partial charge in [0.2, 0.25) is 10.0 Å². The first-order chi connectivity index (χ1) is 6.40. The van der Waals surface area contributed by atoms with Gasteiger partial charge >= 0.3 is 0 Å². The summed E-state index contributed by atoms with van der Waals surface area (Å²) in [6, 6.07) is 0. The van der Waals surface area contributed by atoms with Crippen molar-refractivity contribution in [3.05, 3.63) is 0 Å². The molecule has 2 atom stereocenters. The number of nitrogens with one attached hydrogen (secondary N) is 1. The van der Waals surface area contributed by atoms with E-state index >= 15 is 0 Å². The van der Waals surface area contributed by atoms with Crippen LogP contribution in [0.25, 0.3) is 0 Å². The molecule has 0 amide bonds. The van der Waals surface area contributed by atoms with Crippen LogP contribution in [0, 0.1) is 5.92 Å². The first-order valence-electron chi connectivity index (χ1n) is 5.09. The Balaban J connectivity index is 2.83. The monoisotopic (exact) mass is 220 g/mol. The highest BCUT2D eigenvalue weighted by Crippen LogP contribution is 2.33. The zero-order valence-electron chi connectivity index (χ0n) is 8.91. The standard InChI is InChI=1S/C9H20N2O2S/c1-8-5-3-4-6-9(8,7-10)11-14(2,12)13/h8,11H,3-7,10H2,1-2H3. The molecule has 3 N–H and O–H groups in total. The zero-order valence-corrected chi connectivity index (χ0v) is 9.73. The van der Waals surface area contributed by atoms with E-state index in [0.717, 1.165) is 19.3 Å². The smallest absolute Gasteiger partial charge is 0.209 e. The third-order valence-corrected chi connectivity index (χ3v) is 3.98. The minimum atomic E-state index is -3.16. The van der Waals surface area contributed by atoms with Crippen molar-refractivity contribution < 1.29 is 8.42 Å². The predicted octanol–water partition coefficient (Wildman–Crippen LogP) is 0.443. The maximum atomic E-state index is 11.2. The molecule has 84 valence electrons. The zero-order chi connectivity index (χ0) is 10.8. The Kier molecular flexibility index (Phi) is 3.55. The lowest BCUT2D eigenvalue weighted by Crippen LogP contribution is -2.58. The highest BCUT2D eigenvalue weighted by Gasteiger charge is 2.38. The van der Waals surface area contributed by atoms with Gasteiger partial charge in [-0.05, 0) is 18.8 Å². The molecule has 0 saturated heterocycles. The average Bonchev–Trinajstić information content (AvgIpc) is 2.07. The normalized spacial score (nSPS) is 34.4. The van der Waals surface area contributed by atoms with Gasteiger partial charge in [0.15, 0.2) is 0 Å². The second kappa shape index (κ2) is 4.16. The maximum Gasteiger partial charge on any atom is 0.209 e. The van der Waals surface area contributed by atoms with Crippen molar-refractivity contribution in [2.24, 2.45) is 11.7 Å². The van der Waals surface area contributed by atoms with Crippen LogP contribution in [-0.2, 0) is 10.0 Å². The van der Waals surface area contributed by atoms with Gasteiger partial charge in [-0.3, -0.25) is 0 Å². The summed E-state index contributed by atoms with van der Waals surface area (Å²) < 4.78 is 25.2. The van der Waals surface area contributed by atoms with Crippen LogP contribution in [0.5, 0.6) is 0 Å². The number of sulfonamides is 1. The van der Waals surface area contributed by atoms with E-state index in [9.17, 15) is 8.42 Å². The van der Waals surface area contributed by atoms with Crippen LogP contribution in [0.2, 0.25) is 0 Å². The van der Waals surface area contributed by atoms with E-state index in [2.05, 4.69) is 11.6 Å². The molecule has 0 aliphatic heterocycles. The van der Waals surface area contributed by atoms with E-state index in [0.29, 0.717) is 12.5 Å². The van der Waals surface area contributed by atoms with Gasteiger partial charge in [-0.15, -0.1) is 0 Å². The van der Waals surface area contributed by atoms with E-state index in [4.69, 9.17) is 5.73 Å². The molecule has 4 nitrogen and oxygen atoms in total. The van der Waals surface area contributed by atoms with Gasteiger partial charge in [0.05, 0.1) is 6.26 Å². The fourth-order valence-electron chi connectivity index (χ4n) is 2.28. The lowest BCUT2D eigenvalue weighted by atomic mass is 9.74. The number of hydrogen-bond acceptors (Lipinski definition) is 3. The highest BCUT2D eigenvalue weighted by atomic mass is 32.2. The second-order valence-electron chi connectivity index (χ2n) is 4.38. The van der Waals surface area contributed by atoms with Gasteiger partial charge in [-0.2, -0.15) is 0 Å². The summed E-state index contributed by atoms with van der Waals surface area (Å²) in [5.74, 6) is 0.330. The lowest BCUT2D eigenvalue weighted by Gasteiger charge is -2.41. The van der Waals surface area contributed by atoms with Crippen LogP contribution in [0.3, 0.4) is 0 Å². The van der Waals surface area contributed by atoms with Crippen molar-refractivity contribution in [1.29, 1.82) is 0 Å². The van der Waals surface area contributed by atoms with Crippen molar-refractivity contribution >= 4 is 10.0 Å². The second-order valence-corrected chi connectivity index (χ2v) is 6.13. The molecular formula is C9H20N2O2S. The van der Waals surface area contributed by atoms with Crippen molar-refractivity contribution in [2.75, 3.05) is 12.8 Å². The topological polar surface area (TPSA) is 72.2 Å². The van der Waals surface area contributed by atoms with Gasteiger partial charge in [0.1, 0.15) is 0 Å². The Morgan fingerprint density at radius 2 is 2.14 bits per heavy atom. The van der Waals surface area contributed by atoms with E-state index in [-0.39, 0.29) is 0 Å². The predicted molar refractivity (Wildman–Crippen MR) is 57.4 cm³/mol. The molecule has 1 aliphatic rings. The van der Waals surface area contributed by atoms with Gasteiger partial charge in [-0.25, -0.2) is 13.1 Å². The maximum absolute atomic E-state index is 11.2. The van der Waals surface area contributed by atoms with Crippen molar-refractivity contribution in [3.8, 4) is 0 Å². The SMILES string of the molecule is CC1CCCCC1(CN)NS(C)(=O)=O. The molecular weight excluding hydrogens is 200 g/mol. The fourth-order valence-corrected chi connectivity index (χ4v) is 3.40. The number of nitrogens with two attached hydrogens (primary N) is 1. The van der Waals surface area contributed by atoms with Crippen molar-refractivity contribution in [3.63, 3.8) is 0 Å². The van der Waals surface area contributed by atoms with Gasteiger partial charge < -0.3 is 5.73 Å². The van der Waals surface area contributed by atoms with Crippen molar-refractivity contribution in [2.45, 2.75) is 38.1 Å². The third-order valence-electron chi connectivity index (χ3n) is 3.21. The summed E-state index contributed by atoms with van der Waals surface area (Å²) >= 11 is 0. The Morgan fingerprint density at radius 1 is 1.50 bits per heavy atom. The molecule has 1 fully saturated rings. The van der Waals surface area contributed by atoms with E-state index in [1.165, 1.54) is 12.7 Å². The van der Waals surface area contributed by atoms with Gasteiger partial charge in [-0.1, -0.05) is 19.8 Å². The molecule has 5 heteroatoms. The minimum absolute atomic E-state index is 0.330. The molecule has 0 aromatic heterocycles. The van der Waals surface area contributed by atoms with Crippen LogP contribution in [-0.4, -0.2) is 26.8 Å². The first-order valence-corrected chi connectivity index (χ1v) is 6.98. The Morgan fingerprint density at radius 3 is 2.57 bits per heavy atom. The largest absolute Gasteiger partial charge is 0.329 e. The summed E-state index contributed by atoms with van der Waals surface area (Å²) in [4.78, 5) is 0. The molecule has 1 aliphatic carbocycles. The fraction of sp³-hybridized carbons (Fsp3) is 1.00. The quantitative estimate of drug-likeness (QED) is 0.725. The molecule has 1 rings (SSSR count). The lowest BCUT2D eigenvalue weighted by molar-refractivity contribution is 0.191. The minimum Gasteiger partial charge on any atom is -0.329 e.